The molecule has 2 rings (SSSR count). The van der Waals surface area contributed by atoms with E-state index in [2.05, 4.69) is 11.4 Å². The van der Waals surface area contributed by atoms with Crippen LogP contribution in [-0.2, 0) is 6.54 Å². The van der Waals surface area contributed by atoms with E-state index >= 15 is 0 Å². The second kappa shape index (κ2) is 6.94. The molecule has 0 atom stereocenters. The van der Waals surface area contributed by atoms with Gasteiger partial charge < -0.3 is 10.1 Å². The van der Waals surface area contributed by atoms with Crippen molar-refractivity contribution in [2.45, 2.75) is 6.54 Å². The summed E-state index contributed by atoms with van der Waals surface area (Å²) in [5.74, 6) is 1.77. The molecule has 0 fully saturated rings. The predicted octanol–water partition coefficient (Wildman–Crippen LogP) is 3.62. The van der Waals surface area contributed by atoms with E-state index in [-0.39, 0.29) is 12.4 Å². The van der Waals surface area contributed by atoms with Gasteiger partial charge in [0.15, 0.2) is 0 Å². The molecule has 0 saturated heterocycles. The van der Waals surface area contributed by atoms with E-state index in [1.54, 1.807) is 0 Å². The number of nitrogens with one attached hydrogen (secondary N) is 1. The molecule has 0 aliphatic rings. The maximum atomic E-state index is 5.82. The van der Waals surface area contributed by atoms with E-state index in [1.165, 1.54) is 0 Å². The summed E-state index contributed by atoms with van der Waals surface area (Å²) in [4.78, 5) is 0. The fourth-order valence-electron chi connectivity index (χ4n) is 1.56. The lowest BCUT2D eigenvalue weighted by atomic mass is 10.2. The average molecular weight is 250 g/mol. The highest BCUT2D eigenvalue weighted by atomic mass is 35.5. The SMILES string of the molecule is CNCc1ccccc1Oc1ccccc1.Cl. The van der Waals surface area contributed by atoms with Gasteiger partial charge in [-0.25, -0.2) is 0 Å². The standard InChI is InChI=1S/C14H15NO.ClH/c1-15-11-12-7-5-6-10-14(12)16-13-8-3-2-4-9-13;/h2-10,15H,11H2,1H3;1H. The van der Waals surface area contributed by atoms with Gasteiger partial charge in [-0.05, 0) is 25.2 Å². The van der Waals surface area contributed by atoms with Gasteiger partial charge in [-0.2, -0.15) is 0 Å². The van der Waals surface area contributed by atoms with Gasteiger partial charge in [0, 0.05) is 12.1 Å². The van der Waals surface area contributed by atoms with Gasteiger partial charge in [0.1, 0.15) is 11.5 Å². The van der Waals surface area contributed by atoms with Crippen LogP contribution in [0, 0.1) is 0 Å². The lowest BCUT2D eigenvalue weighted by molar-refractivity contribution is 0.474. The van der Waals surface area contributed by atoms with Crippen molar-refractivity contribution in [3.05, 3.63) is 60.2 Å². The number of hydrogen-bond acceptors (Lipinski definition) is 2. The molecule has 0 amide bonds. The number of ether oxygens (including phenoxy) is 1. The normalized spacial score (nSPS) is 9.47. The number of rotatable bonds is 4. The number of para-hydroxylation sites is 2. The first-order chi connectivity index (χ1) is 7.90. The van der Waals surface area contributed by atoms with Crippen molar-refractivity contribution in [1.82, 2.24) is 5.32 Å². The summed E-state index contributed by atoms with van der Waals surface area (Å²) in [5.41, 5.74) is 1.16. The maximum Gasteiger partial charge on any atom is 0.131 e. The Morgan fingerprint density at radius 1 is 0.941 bits per heavy atom. The van der Waals surface area contributed by atoms with E-state index in [4.69, 9.17) is 4.74 Å². The van der Waals surface area contributed by atoms with Crippen LogP contribution in [0.3, 0.4) is 0 Å². The maximum absolute atomic E-state index is 5.82. The molecule has 2 nitrogen and oxygen atoms in total. The average Bonchev–Trinajstić information content (AvgIpc) is 2.33. The Balaban J connectivity index is 0.00000144. The summed E-state index contributed by atoms with van der Waals surface area (Å²) in [7, 11) is 1.93. The first-order valence-electron chi connectivity index (χ1n) is 5.35. The second-order valence-corrected chi connectivity index (χ2v) is 3.55. The minimum Gasteiger partial charge on any atom is -0.457 e. The molecule has 0 unspecified atom stereocenters. The number of hydrogen-bond donors (Lipinski definition) is 1. The summed E-state index contributed by atoms with van der Waals surface area (Å²) >= 11 is 0. The third-order valence-corrected chi connectivity index (χ3v) is 2.31. The molecule has 0 aliphatic carbocycles. The van der Waals surface area contributed by atoms with E-state index in [9.17, 15) is 0 Å². The zero-order valence-corrected chi connectivity index (χ0v) is 10.5. The van der Waals surface area contributed by atoms with Crippen LogP contribution in [0.1, 0.15) is 5.56 Å². The largest absolute Gasteiger partial charge is 0.457 e. The quantitative estimate of drug-likeness (QED) is 0.894. The molecule has 0 radical (unpaired) electrons. The minimum absolute atomic E-state index is 0. The van der Waals surface area contributed by atoms with Gasteiger partial charge in [0.2, 0.25) is 0 Å². The van der Waals surface area contributed by atoms with Crippen LogP contribution >= 0.6 is 12.4 Å². The van der Waals surface area contributed by atoms with Crippen molar-refractivity contribution in [3.8, 4) is 11.5 Å². The van der Waals surface area contributed by atoms with Gasteiger partial charge in [0.05, 0.1) is 0 Å². The minimum atomic E-state index is 0. The molecule has 2 aromatic carbocycles. The second-order valence-electron chi connectivity index (χ2n) is 3.55. The molecule has 3 heteroatoms. The van der Waals surface area contributed by atoms with Crippen molar-refractivity contribution in [2.75, 3.05) is 7.05 Å². The summed E-state index contributed by atoms with van der Waals surface area (Å²) < 4.78 is 5.82. The summed E-state index contributed by atoms with van der Waals surface area (Å²) in [6.45, 7) is 0.809. The topological polar surface area (TPSA) is 21.3 Å². The lowest BCUT2D eigenvalue weighted by Gasteiger charge is -2.10. The van der Waals surface area contributed by atoms with Crippen LogP contribution < -0.4 is 10.1 Å². The molecule has 1 N–H and O–H groups in total. The van der Waals surface area contributed by atoms with Gasteiger partial charge in [0.25, 0.3) is 0 Å². The Morgan fingerprint density at radius 3 is 2.29 bits per heavy atom. The van der Waals surface area contributed by atoms with Crippen LogP contribution in [0.15, 0.2) is 54.6 Å². The molecular formula is C14H16ClNO. The Bertz CT molecular complexity index is 445. The van der Waals surface area contributed by atoms with Crippen molar-refractivity contribution in [1.29, 1.82) is 0 Å². The first-order valence-corrected chi connectivity index (χ1v) is 5.35. The summed E-state index contributed by atoms with van der Waals surface area (Å²) in [5, 5.41) is 3.13. The van der Waals surface area contributed by atoms with Crippen LogP contribution in [0.4, 0.5) is 0 Å². The lowest BCUT2D eigenvalue weighted by Crippen LogP contribution is -2.06. The molecule has 0 bridgehead atoms. The first kappa shape index (κ1) is 13.6. The molecule has 0 spiro atoms. The molecule has 0 aromatic heterocycles. The van der Waals surface area contributed by atoms with Crippen molar-refractivity contribution < 1.29 is 4.74 Å². The highest BCUT2D eigenvalue weighted by Crippen LogP contribution is 2.24. The van der Waals surface area contributed by atoms with Gasteiger partial charge in [-0.3, -0.25) is 0 Å². The van der Waals surface area contributed by atoms with Gasteiger partial charge in [-0.15, -0.1) is 12.4 Å². The van der Waals surface area contributed by atoms with Gasteiger partial charge >= 0.3 is 0 Å². The molecule has 90 valence electrons. The number of benzene rings is 2. The summed E-state index contributed by atoms with van der Waals surface area (Å²) in [6.07, 6.45) is 0. The Morgan fingerprint density at radius 2 is 1.59 bits per heavy atom. The zero-order chi connectivity index (χ0) is 11.2. The smallest absolute Gasteiger partial charge is 0.131 e. The fourth-order valence-corrected chi connectivity index (χ4v) is 1.56. The van der Waals surface area contributed by atoms with Crippen molar-refractivity contribution >= 4 is 12.4 Å². The molecule has 17 heavy (non-hydrogen) atoms. The summed E-state index contributed by atoms with van der Waals surface area (Å²) in [6, 6.07) is 17.9. The molecule has 0 aliphatic heterocycles. The highest BCUT2D eigenvalue weighted by Gasteiger charge is 2.02. The fraction of sp³-hybridized carbons (Fsp3) is 0.143. The van der Waals surface area contributed by atoms with Crippen molar-refractivity contribution in [3.63, 3.8) is 0 Å². The molecular weight excluding hydrogens is 234 g/mol. The third kappa shape index (κ3) is 3.77. The van der Waals surface area contributed by atoms with E-state index in [1.807, 2.05) is 55.6 Å². The Kier molecular flexibility index (Phi) is 5.53. The van der Waals surface area contributed by atoms with Crippen LogP contribution in [0.5, 0.6) is 11.5 Å². The predicted molar refractivity (Wildman–Crippen MR) is 73.0 cm³/mol. The molecule has 2 aromatic rings. The van der Waals surface area contributed by atoms with Gasteiger partial charge in [-0.1, -0.05) is 36.4 Å². The number of halogens is 1. The van der Waals surface area contributed by atoms with E-state index in [0.29, 0.717) is 0 Å². The van der Waals surface area contributed by atoms with Crippen LogP contribution in [0.2, 0.25) is 0 Å². The Hall–Kier alpha value is -1.51. The Labute approximate surface area is 108 Å². The van der Waals surface area contributed by atoms with Crippen LogP contribution in [-0.4, -0.2) is 7.05 Å². The van der Waals surface area contributed by atoms with E-state index < -0.39 is 0 Å². The molecule has 0 heterocycles. The van der Waals surface area contributed by atoms with Crippen LogP contribution in [0.25, 0.3) is 0 Å². The third-order valence-electron chi connectivity index (χ3n) is 2.31. The monoisotopic (exact) mass is 249 g/mol. The molecule has 0 saturated carbocycles. The highest BCUT2D eigenvalue weighted by molar-refractivity contribution is 5.85. The zero-order valence-electron chi connectivity index (χ0n) is 9.72. The van der Waals surface area contributed by atoms with Crippen molar-refractivity contribution in [2.24, 2.45) is 0 Å². The van der Waals surface area contributed by atoms with E-state index in [0.717, 1.165) is 23.6 Å².